The van der Waals surface area contributed by atoms with Crippen molar-refractivity contribution in [2.24, 2.45) is 0 Å². The number of aromatic hydroxyl groups is 4. The third-order valence-corrected chi connectivity index (χ3v) is 5.54. The highest BCUT2D eigenvalue weighted by Crippen LogP contribution is 2.50. The molecule has 8 nitrogen and oxygen atoms in total. The Kier molecular flexibility index (Phi) is 4.66. The predicted octanol–water partition coefficient (Wildman–Crippen LogP) is 3.47. The minimum absolute atomic E-state index is 0.0229. The molecule has 0 heterocycles. The fraction of sp³-hybridized carbons (Fsp3) is 0.125. The average molecular weight is 434 g/mol. The van der Waals surface area contributed by atoms with E-state index < -0.39 is 40.3 Å². The number of fused-ring (bicyclic) bond motifs is 2. The summed E-state index contributed by atoms with van der Waals surface area (Å²) in [6, 6.07) is 6.34. The van der Waals surface area contributed by atoms with E-state index in [2.05, 4.69) is 0 Å². The zero-order chi connectivity index (χ0) is 23.5. The first kappa shape index (κ1) is 20.9. The van der Waals surface area contributed by atoms with Gasteiger partial charge in [0.2, 0.25) is 5.78 Å². The van der Waals surface area contributed by atoms with Gasteiger partial charge in [-0.05, 0) is 31.5 Å². The molecule has 8 heteroatoms. The number of ether oxygens (including phenoxy) is 1. The number of ketones is 3. The highest BCUT2D eigenvalue weighted by Gasteiger charge is 2.38. The van der Waals surface area contributed by atoms with Crippen molar-refractivity contribution in [1.29, 1.82) is 0 Å². The molecule has 0 atom stereocenters. The first-order valence-corrected chi connectivity index (χ1v) is 9.52. The Labute approximate surface area is 182 Å². The van der Waals surface area contributed by atoms with Crippen molar-refractivity contribution in [2.75, 3.05) is 7.11 Å². The summed E-state index contributed by atoms with van der Waals surface area (Å²) in [6.07, 6.45) is 0. The third-order valence-electron chi connectivity index (χ3n) is 5.54. The number of benzene rings is 3. The molecule has 0 amide bonds. The van der Waals surface area contributed by atoms with Crippen LogP contribution in [-0.4, -0.2) is 44.9 Å². The second-order valence-corrected chi connectivity index (χ2v) is 7.45. The van der Waals surface area contributed by atoms with Crippen LogP contribution >= 0.6 is 0 Å². The largest absolute Gasteiger partial charge is 0.507 e. The van der Waals surface area contributed by atoms with Crippen LogP contribution in [0.2, 0.25) is 0 Å². The minimum Gasteiger partial charge on any atom is -0.507 e. The molecule has 0 aromatic heterocycles. The minimum atomic E-state index is -0.786. The van der Waals surface area contributed by atoms with Crippen molar-refractivity contribution in [3.63, 3.8) is 0 Å². The molecular formula is C24H18O8. The van der Waals surface area contributed by atoms with Crippen LogP contribution in [0.3, 0.4) is 0 Å². The van der Waals surface area contributed by atoms with Crippen LogP contribution in [0.1, 0.15) is 54.7 Å². The zero-order valence-corrected chi connectivity index (χ0v) is 17.3. The molecule has 4 N–H and O–H groups in total. The van der Waals surface area contributed by atoms with Crippen molar-refractivity contribution >= 4 is 17.3 Å². The summed E-state index contributed by atoms with van der Waals surface area (Å²) in [7, 11) is 1.26. The molecule has 3 aromatic carbocycles. The second kappa shape index (κ2) is 7.12. The van der Waals surface area contributed by atoms with Crippen LogP contribution in [0.15, 0.2) is 30.3 Å². The van der Waals surface area contributed by atoms with E-state index in [9.17, 15) is 34.8 Å². The summed E-state index contributed by atoms with van der Waals surface area (Å²) in [5, 5.41) is 42.3. The number of hydrogen-bond acceptors (Lipinski definition) is 8. The van der Waals surface area contributed by atoms with Crippen LogP contribution in [0, 0.1) is 6.92 Å². The quantitative estimate of drug-likeness (QED) is 0.359. The van der Waals surface area contributed by atoms with Gasteiger partial charge in [-0.3, -0.25) is 14.4 Å². The summed E-state index contributed by atoms with van der Waals surface area (Å²) in [5.41, 5.74) is -1.19. The van der Waals surface area contributed by atoms with Crippen LogP contribution < -0.4 is 4.74 Å². The molecule has 32 heavy (non-hydrogen) atoms. The van der Waals surface area contributed by atoms with E-state index in [1.807, 2.05) is 0 Å². The van der Waals surface area contributed by atoms with Gasteiger partial charge in [0.1, 0.15) is 34.3 Å². The Morgan fingerprint density at radius 3 is 2.09 bits per heavy atom. The van der Waals surface area contributed by atoms with Gasteiger partial charge in [0.15, 0.2) is 11.6 Å². The number of hydrogen-bond donors (Lipinski definition) is 4. The first-order valence-electron chi connectivity index (χ1n) is 9.52. The van der Waals surface area contributed by atoms with Gasteiger partial charge in [-0.2, -0.15) is 0 Å². The summed E-state index contributed by atoms with van der Waals surface area (Å²) in [6.45, 7) is 2.72. The topological polar surface area (TPSA) is 141 Å². The van der Waals surface area contributed by atoms with Crippen molar-refractivity contribution < 1.29 is 39.5 Å². The number of Topliss-reactive ketones (excluding diaryl/α,β-unsaturated/α-hetero) is 1. The van der Waals surface area contributed by atoms with Gasteiger partial charge in [0, 0.05) is 22.8 Å². The number of phenolic OH excluding ortho intramolecular Hbond substituents is 4. The van der Waals surface area contributed by atoms with Gasteiger partial charge in [-0.1, -0.05) is 12.1 Å². The lowest BCUT2D eigenvalue weighted by atomic mass is 9.77. The van der Waals surface area contributed by atoms with E-state index >= 15 is 0 Å². The van der Waals surface area contributed by atoms with Crippen molar-refractivity contribution in [3.05, 3.63) is 63.7 Å². The second-order valence-electron chi connectivity index (χ2n) is 7.45. The molecule has 3 aromatic rings. The molecule has 1 aliphatic rings. The first-order chi connectivity index (χ1) is 15.1. The number of aryl methyl sites for hydroxylation is 1. The molecular weight excluding hydrogens is 416 g/mol. The maximum Gasteiger partial charge on any atom is 0.201 e. The standard InChI is InChI=1S/C24H18O8/c1-9-7-13(27)20-21(22(29)11-5-4-6-12(26)18(11)24(20)31)16(9)19-14(28)8-15(32-3)17(10(2)25)23(19)30/h4-8,26-28,30H,1-3H3. The molecule has 0 spiro atoms. The lowest BCUT2D eigenvalue weighted by Gasteiger charge is -2.24. The Hall–Kier alpha value is -4.33. The normalized spacial score (nSPS) is 12.3. The van der Waals surface area contributed by atoms with Crippen molar-refractivity contribution in [3.8, 4) is 39.9 Å². The van der Waals surface area contributed by atoms with Crippen molar-refractivity contribution in [2.45, 2.75) is 13.8 Å². The number of carbonyl (C=O) groups is 3. The lowest BCUT2D eigenvalue weighted by molar-refractivity contribution is 0.0974. The fourth-order valence-corrected chi connectivity index (χ4v) is 4.19. The third kappa shape index (κ3) is 2.73. The van der Waals surface area contributed by atoms with E-state index in [1.165, 1.54) is 45.2 Å². The number of methoxy groups -OCH3 is 1. The Balaban J connectivity index is 2.16. The maximum atomic E-state index is 13.4. The van der Waals surface area contributed by atoms with Crippen molar-refractivity contribution in [1.82, 2.24) is 0 Å². The summed E-state index contributed by atoms with van der Waals surface area (Å²) >= 11 is 0. The van der Waals surface area contributed by atoms with Crippen LogP contribution in [-0.2, 0) is 0 Å². The monoisotopic (exact) mass is 434 g/mol. The van der Waals surface area contributed by atoms with Crippen LogP contribution in [0.25, 0.3) is 11.1 Å². The van der Waals surface area contributed by atoms with Crippen LogP contribution in [0.5, 0.6) is 28.7 Å². The van der Waals surface area contributed by atoms with E-state index in [0.29, 0.717) is 0 Å². The Morgan fingerprint density at radius 2 is 1.47 bits per heavy atom. The highest BCUT2D eigenvalue weighted by molar-refractivity contribution is 6.32. The average Bonchev–Trinajstić information content (AvgIpc) is 2.72. The fourth-order valence-electron chi connectivity index (χ4n) is 4.19. The molecule has 1 aliphatic carbocycles. The highest BCUT2D eigenvalue weighted by atomic mass is 16.5. The number of carbonyl (C=O) groups excluding carboxylic acids is 3. The molecule has 4 rings (SSSR count). The van der Waals surface area contributed by atoms with E-state index in [-0.39, 0.29) is 50.3 Å². The van der Waals surface area contributed by atoms with E-state index in [1.54, 1.807) is 0 Å². The molecule has 0 fully saturated rings. The molecule has 0 unspecified atom stereocenters. The van der Waals surface area contributed by atoms with Crippen LogP contribution in [0.4, 0.5) is 0 Å². The molecule has 0 bridgehead atoms. The molecule has 0 saturated carbocycles. The molecule has 0 radical (unpaired) electrons. The lowest BCUT2D eigenvalue weighted by Crippen LogP contribution is -2.22. The van der Waals surface area contributed by atoms with E-state index in [4.69, 9.17) is 4.74 Å². The van der Waals surface area contributed by atoms with Gasteiger partial charge < -0.3 is 25.2 Å². The Bertz CT molecular complexity index is 1370. The van der Waals surface area contributed by atoms with Gasteiger partial charge in [0.25, 0.3) is 0 Å². The Morgan fingerprint density at radius 1 is 0.812 bits per heavy atom. The smallest absolute Gasteiger partial charge is 0.201 e. The van der Waals surface area contributed by atoms with Gasteiger partial charge in [-0.25, -0.2) is 0 Å². The van der Waals surface area contributed by atoms with Gasteiger partial charge >= 0.3 is 0 Å². The summed E-state index contributed by atoms with van der Waals surface area (Å²) in [5.74, 6) is -4.14. The van der Waals surface area contributed by atoms with Gasteiger partial charge in [0.05, 0.1) is 23.8 Å². The van der Waals surface area contributed by atoms with Gasteiger partial charge in [-0.15, -0.1) is 0 Å². The maximum absolute atomic E-state index is 13.4. The SMILES string of the molecule is COc1cc(O)c(-c2c(C)cc(O)c3c2C(=O)c2cccc(O)c2C3=O)c(O)c1C(C)=O. The number of rotatable bonds is 3. The summed E-state index contributed by atoms with van der Waals surface area (Å²) < 4.78 is 5.09. The molecule has 0 saturated heterocycles. The zero-order valence-electron chi connectivity index (χ0n) is 17.3. The summed E-state index contributed by atoms with van der Waals surface area (Å²) in [4.78, 5) is 38.8. The van der Waals surface area contributed by atoms with E-state index in [0.717, 1.165) is 6.07 Å². The molecule has 0 aliphatic heterocycles. The predicted molar refractivity (Wildman–Crippen MR) is 113 cm³/mol. The molecule has 162 valence electrons. The number of phenols is 4.